The summed E-state index contributed by atoms with van der Waals surface area (Å²) in [6, 6.07) is 0. The van der Waals surface area contributed by atoms with Crippen molar-refractivity contribution in [1.29, 1.82) is 0 Å². The fourth-order valence-electron chi connectivity index (χ4n) is 0.533. The van der Waals surface area contributed by atoms with Gasteiger partial charge in [-0.05, 0) is 6.42 Å². The molecular weight excluding hydrogens is 224 g/mol. The molecule has 0 unspecified atom stereocenters. The average molecular weight is 238 g/mol. The number of hydrogen-bond donors (Lipinski definition) is 1. The van der Waals surface area contributed by atoms with Gasteiger partial charge in [0.1, 0.15) is 0 Å². The van der Waals surface area contributed by atoms with E-state index in [1.165, 1.54) is 0 Å². The van der Waals surface area contributed by atoms with Gasteiger partial charge in [-0.3, -0.25) is 9.35 Å². The molecule has 0 amide bonds. The zero-order valence-corrected chi connectivity index (χ0v) is 7.63. The molecule has 0 saturated heterocycles. The van der Waals surface area contributed by atoms with Crippen LogP contribution < -0.4 is 0 Å². The Morgan fingerprint density at radius 1 is 1.46 bits per heavy atom. The summed E-state index contributed by atoms with van der Waals surface area (Å²) in [5, 5.41) is 0. The quantitative estimate of drug-likeness (QED) is 0.402. The Morgan fingerprint density at radius 2 is 2.00 bits per heavy atom. The second kappa shape index (κ2) is 7.99. The van der Waals surface area contributed by atoms with Crippen LogP contribution in [0.1, 0.15) is 26.2 Å². The van der Waals surface area contributed by atoms with Gasteiger partial charge in [0.2, 0.25) is 5.94 Å². The van der Waals surface area contributed by atoms with Gasteiger partial charge in [-0.15, -0.1) is 0 Å². The molecule has 0 aromatic rings. The second-order valence-electron chi connectivity index (χ2n) is 2.32. The summed E-state index contributed by atoms with van der Waals surface area (Å²) < 4.78 is 32.6. The number of rotatable bonds is 5. The molecule has 0 heterocycles. The third-order valence-electron chi connectivity index (χ3n) is 1.10. The van der Waals surface area contributed by atoms with Gasteiger partial charge in [0, 0.05) is 6.42 Å². The van der Waals surface area contributed by atoms with Gasteiger partial charge in [-0.25, -0.2) is 0 Å². The molecule has 0 aliphatic rings. The number of ether oxygens (including phenoxy) is 1. The van der Waals surface area contributed by atoms with E-state index in [9.17, 15) is 13.2 Å². The van der Waals surface area contributed by atoms with Crippen molar-refractivity contribution in [3.63, 3.8) is 0 Å². The zero-order valence-electron chi connectivity index (χ0n) is 6.82. The molecule has 0 bridgehead atoms. The van der Waals surface area contributed by atoms with Gasteiger partial charge in [0.25, 0.3) is 0 Å². The summed E-state index contributed by atoms with van der Waals surface area (Å²) in [6.45, 7) is 1.90. The fourth-order valence-corrected chi connectivity index (χ4v) is 0.814. The van der Waals surface area contributed by atoms with Crippen molar-refractivity contribution >= 4 is 53.8 Å². The third kappa shape index (κ3) is 12.6. The minimum absolute atomic E-state index is 0. The zero-order chi connectivity index (χ0) is 9.61. The molecule has 13 heavy (non-hydrogen) atoms. The average Bonchev–Trinajstić information content (AvgIpc) is 1.95. The first kappa shape index (κ1) is 16.1. The second-order valence-corrected chi connectivity index (χ2v) is 3.72. The van der Waals surface area contributed by atoms with E-state index in [2.05, 4.69) is 4.74 Å². The molecule has 0 aromatic heterocycles. The van der Waals surface area contributed by atoms with Crippen LogP contribution in [0.25, 0.3) is 0 Å². The Hall–Kier alpha value is 0.640. The molecule has 0 aliphatic heterocycles. The topological polar surface area (TPSA) is 80.7 Å². The molecule has 0 rings (SSSR count). The first-order chi connectivity index (χ1) is 5.45. The Kier molecular flexibility index (Phi) is 9.89. The SMILES string of the molecule is CCCCC(=O)OCS(=O)(=O)O.[CaH2]. The predicted molar refractivity (Wildman–Crippen MR) is 50.6 cm³/mol. The van der Waals surface area contributed by atoms with Gasteiger partial charge < -0.3 is 4.74 Å². The molecule has 76 valence electrons. The number of unbranched alkanes of at least 4 members (excludes halogenated alkanes) is 1. The van der Waals surface area contributed by atoms with E-state index in [-0.39, 0.29) is 44.2 Å². The Morgan fingerprint density at radius 3 is 2.38 bits per heavy atom. The number of carbonyl (C=O) groups is 1. The van der Waals surface area contributed by atoms with E-state index in [4.69, 9.17) is 4.55 Å². The summed E-state index contributed by atoms with van der Waals surface area (Å²) >= 11 is 0. The van der Waals surface area contributed by atoms with Crippen molar-refractivity contribution in [2.75, 3.05) is 5.94 Å². The van der Waals surface area contributed by atoms with Crippen molar-refractivity contribution in [3.8, 4) is 0 Å². The van der Waals surface area contributed by atoms with Gasteiger partial charge in [0.05, 0.1) is 0 Å². The van der Waals surface area contributed by atoms with Crippen molar-refractivity contribution in [2.24, 2.45) is 0 Å². The maximum atomic E-state index is 10.7. The van der Waals surface area contributed by atoms with Crippen molar-refractivity contribution < 1.29 is 22.5 Å². The van der Waals surface area contributed by atoms with Gasteiger partial charge in [-0.2, -0.15) is 8.42 Å². The van der Waals surface area contributed by atoms with Crippen LogP contribution in [0, 0.1) is 0 Å². The molecule has 0 saturated carbocycles. The van der Waals surface area contributed by atoms with E-state index in [1.807, 2.05) is 6.92 Å². The Bertz CT molecular complexity index is 235. The molecule has 0 fully saturated rings. The summed E-state index contributed by atoms with van der Waals surface area (Å²) in [5.41, 5.74) is 0. The monoisotopic (exact) mass is 238 g/mol. The Balaban J connectivity index is 0. The minimum atomic E-state index is -4.19. The van der Waals surface area contributed by atoms with Crippen LogP contribution in [-0.4, -0.2) is 62.6 Å². The molecule has 0 aliphatic carbocycles. The summed E-state index contributed by atoms with van der Waals surface area (Å²) in [6.07, 6.45) is 1.68. The van der Waals surface area contributed by atoms with Crippen molar-refractivity contribution in [2.45, 2.75) is 26.2 Å². The van der Waals surface area contributed by atoms with Crippen LogP contribution in [0.5, 0.6) is 0 Å². The number of hydrogen-bond acceptors (Lipinski definition) is 4. The van der Waals surface area contributed by atoms with E-state index in [0.29, 0.717) is 6.42 Å². The molecule has 0 atom stereocenters. The fraction of sp³-hybridized carbons (Fsp3) is 0.833. The van der Waals surface area contributed by atoms with E-state index in [0.717, 1.165) is 6.42 Å². The number of carbonyl (C=O) groups excluding carboxylic acids is 1. The molecule has 0 radical (unpaired) electrons. The van der Waals surface area contributed by atoms with Crippen LogP contribution in [0.4, 0.5) is 0 Å². The van der Waals surface area contributed by atoms with Crippen LogP contribution >= 0.6 is 0 Å². The van der Waals surface area contributed by atoms with Crippen LogP contribution in [0.2, 0.25) is 0 Å². The molecule has 0 spiro atoms. The predicted octanol–water partition coefficient (Wildman–Crippen LogP) is -0.351. The molecule has 1 N–H and O–H groups in total. The van der Waals surface area contributed by atoms with Crippen molar-refractivity contribution in [3.05, 3.63) is 0 Å². The summed E-state index contributed by atoms with van der Waals surface area (Å²) in [7, 11) is -4.19. The molecule has 5 nitrogen and oxygen atoms in total. The summed E-state index contributed by atoms with van der Waals surface area (Å²) in [5.74, 6) is -1.55. The van der Waals surface area contributed by atoms with Crippen LogP contribution in [-0.2, 0) is 19.6 Å². The molecule has 7 heteroatoms. The van der Waals surface area contributed by atoms with Gasteiger partial charge in [0.15, 0.2) is 0 Å². The van der Waals surface area contributed by atoms with E-state index in [1.54, 1.807) is 0 Å². The third-order valence-corrected chi connectivity index (χ3v) is 1.52. The van der Waals surface area contributed by atoms with Crippen molar-refractivity contribution in [1.82, 2.24) is 0 Å². The Labute approximate surface area is 108 Å². The normalized spacial score (nSPS) is 10.3. The maximum absolute atomic E-state index is 10.7. The van der Waals surface area contributed by atoms with Crippen LogP contribution in [0.15, 0.2) is 0 Å². The van der Waals surface area contributed by atoms with Gasteiger partial charge >= 0.3 is 53.8 Å². The first-order valence-electron chi connectivity index (χ1n) is 3.56. The molecular formula is C6H14CaO5S. The van der Waals surface area contributed by atoms with Crippen LogP contribution in [0.3, 0.4) is 0 Å². The van der Waals surface area contributed by atoms with E-state index < -0.39 is 22.0 Å². The summed E-state index contributed by atoms with van der Waals surface area (Å²) in [4.78, 5) is 10.7. The first-order valence-corrected chi connectivity index (χ1v) is 5.17. The standard InChI is InChI=1S/C6H12O5S.Ca.2H/c1-2-3-4-6(7)11-5-12(8,9)10;;;/h2-5H2,1H3,(H,8,9,10);;;. The van der Waals surface area contributed by atoms with Gasteiger partial charge in [-0.1, -0.05) is 13.3 Å². The number of esters is 1. The molecule has 0 aromatic carbocycles. The van der Waals surface area contributed by atoms with E-state index >= 15 is 0 Å².